The fourth-order valence-electron chi connectivity index (χ4n) is 2.63. The van der Waals surface area contributed by atoms with Gasteiger partial charge >= 0.3 is 0 Å². The molecule has 0 aliphatic carbocycles. The van der Waals surface area contributed by atoms with E-state index < -0.39 is 0 Å². The van der Waals surface area contributed by atoms with Crippen molar-refractivity contribution in [1.82, 2.24) is 19.7 Å². The Morgan fingerprint density at radius 1 is 1.29 bits per heavy atom. The van der Waals surface area contributed by atoms with Crippen LogP contribution in [0.15, 0.2) is 58.6 Å². The van der Waals surface area contributed by atoms with Crippen LogP contribution >= 0.6 is 11.8 Å². The summed E-state index contributed by atoms with van der Waals surface area (Å²) in [5.74, 6) is 2.02. The maximum Gasteiger partial charge on any atom is 0.233 e. The summed E-state index contributed by atoms with van der Waals surface area (Å²) >= 11 is 1.30. The minimum Gasteiger partial charge on any atom is -0.464 e. The number of nitrogens with zero attached hydrogens (tertiary/aromatic N) is 4. The van der Waals surface area contributed by atoms with Gasteiger partial charge in [-0.1, -0.05) is 17.8 Å². The Morgan fingerprint density at radius 3 is 2.68 bits per heavy atom. The third-order valence-corrected chi connectivity index (χ3v) is 5.02. The largest absolute Gasteiger partial charge is 0.464 e. The number of thioether (sulfide) groups is 1. The van der Waals surface area contributed by atoms with Gasteiger partial charge in [-0.3, -0.25) is 9.36 Å². The molecule has 2 heterocycles. The number of rotatable bonds is 8. The van der Waals surface area contributed by atoms with Gasteiger partial charge in [0.25, 0.3) is 0 Å². The van der Waals surface area contributed by atoms with Gasteiger partial charge in [0.2, 0.25) is 5.91 Å². The van der Waals surface area contributed by atoms with Crippen LogP contribution in [0.25, 0.3) is 11.4 Å². The Morgan fingerprint density at radius 2 is 2.04 bits per heavy atom. The van der Waals surface area contributed by atoms with E-state index in [1.54, 1.807) is 30.2 Å². The zero-order valence-electron chi connectivity index (χ0n) is 15.8. The maximum absolute atomic E-state index is 13.2. The third kappa shape index (κ3) is 4.69. The topological polar surface area (TPSA) is 64.2 Å². The number of aryl methyl sites for hydroxylation is 1. The van der Waals surface area contributed by atoms with Crippen molar-refractivity contribution in [2.75, 3.05) is 12.8 Å². The van der Waals surface area contributed by atoms with Crippen LogP contribution in [0.5, 0.6) is 0 Å². The highest BCUT2D eigenvalue weighted by atomic mass is 32.2. The van der Waals surface area contributed by atoms with Crippen molar-refractivity contribution in [3.05, 3.63) is 66.4 Å². The SMILES string of the molecule is C=CCn1c(SCC(=O)N(C)Cc2ccc(C)o2)nnc1-c1ccc(F)cc1. The second-order valence-electron chi connectivity index (χ2n) is 6.26. The molecule has 0 spiro atoms. The molecule has 8 heteroatoms. The molecule has 28 heavy (non-hydrogen) atoms. The first-order chi connectivity index (χ1) is 13.5. The van der Waals surface area contributed by atoms with Gasteiger partial charge in [0.1, 0.15) is 17.3 Å². The molecule has 1 aromatic carbocycles. The van der Waals surface area contributed by atoms with Crippen LogP contribution in [0.2, 0.25) is 0 Å². The van der Waals surface area contributed by atoms with Crippen molar-refractivity contribution >= 4 is 17.7 Å². The molecule has 0 unspecified atom stereocenters. The van der Waals surface area contributed by atoms with E-state index in [4.69, 9.17) is 4.42 Å². The van der Waals surface area contributed by atoms with E-state index in [9.17, 15) is 9.18 Å². The Balaban J connectivity index is 1.68. The molecular formula is C20H21FN4O2S. The van der Waals surface area contributed by atoms with Crippen LogP contribution in [0, 0.1) is 12.7 Å². The first kappa shape index (κ1) is 19.9. The standard InChI is InChI=1S/C20H21FN4O2S/c1-4-11-25-19(15-6-8-16(21)9-7-15)22-23-20(25)28-13-18(26)24(3)12-17-10-5-14(2)27-17/h4-10H,1,11-13H2,2-3H3. The maximum atomic E-state index is 13.2. The molecule has 1 amide bonds. The molecule has 0 aliphatic rings. The first-order valence-corrected chi connectivity index (χ1v) is 9.68. The van der Waals surface area contributed by atoms with Crippen LogP contribution in [0.1, 0.15) is 11.5 Å². The normalized spacial score (nSPS) is 10.8. The molecule has 3 rings (SSSR count). The number of hydrogen-bond acceptors (Lipinski definition) is 5. The van der Waals surface area contributed by atoms with Gasteiger partial charge < -0.3 is 9.32 Å². The van der Waals surface area contributed by atoms with Gasteiger partial charge in [0.15, 0.2) is 11.0 Å². The zero-order valence-corrected chi connectivity index (χ0v) is 16.6. The van der Waals surface area contributed by atoms with Crippen LogP contribution in [0.3, 0.4) is 0 Å². The van der Waals surface area contributed by atoms with Crippen LogP contribution in [0.4, 0.5) is 4.39 Å². The number of halogens is 1. The number of amides is 1. The number of hydrogen-bond donors (Lipinski definition) is 0. The molecule has 0 atom stereocenters. The highest BCUT2D eigenvalue weighted by Gasteiger charge is 2.17. The molecule has 0 N–H and O–H groups in total. The molecule has 0 bridgehead atoms. The molecule has 0 saturated carbocycles. The van der Waals surface area contributed by atoms with Crippen molar-refractivity contribution in [1.29, 1.82) is 0 Å². The molecule has 6 nitrogen and oxygen atoms in total. The van der Waals surface area contributed by atoms with E-state index in [0.717, 1.165) is 17.1 Å². The summed E-state index contributed by atoms with van der Waals surface area (Å²) in [5.41, 5.74) is 0.749. The number of aromatic nitrogens is 3. The Kier molecular flexibility index (Phi) is 6.30. The van der Waals surface area contributed by atoms with Crippen molar-refractivity contribution in [3.8, 4) is 11.4 Å². The van der Waals surface area contributed by atoms with Gasteiger partial charge in [-0.25, -0.2) is 4.39 Å². The molecule has 0 radical (unpaired) electrons. The highest BCUT2D eigenvalue weighted by molar-refractivity contribution is 7.99. The van der Waals surface area contributed by atoms with Crippen LogP contribution in [-0.4, -0.2) is 38.4 Å². The Hall–Kier alpha value is -2.87. The number of carbonyl (C=O) groups is 1. The summed E-state index contributed by atoms with van der Waals surface area (Å²) in [5, 5.41) is 9.01. The molecule has 2 aromatic heterocycles. The summed E-state index contributed by atoms with van der Waals surface area (Å²) in [6.07, 6.45) is 1.73. The van der Waals surface area contributed by atoms with E-state index in [1.165, 1.54) is 23.9 Å². The zero-order chi connectivity index (χ0) is 20.1. The minimum absolute atomic E-state index is 0.0458. The van der Waals surface area contributed by atoms with Crippen molar-refractivity contribution in [2.45, 2.75) is 25.2 Å². The summed E-state index contributed by atoms with van der Waals surface area (Å²) in [6, 6.07) is 9.79. The third-order valence-electron chi connectivity index (χ3n) is 4.07. The summed E-state index contributed by atoms with van der Waals surface area (Å²) in [6.45, 7) is 6.53. The lowest BCUT2D eigenvalue weighted by atomic mass is 10.2. The monoisotopic (exact) mass is 400 g/mol. The lowest BCUT2D eigenvalue weighted by Crippen LogP contribution is -2.27. The summed E-state index contributed by atoms with van der Waals surface area (Å²) < 4.78 is 20.6. The number of allylic oxidation sites excluding steroid dienone is 1. The van der Waals surface area contributed by atoms with Gasteiger partial charge in [0, 0.05) is 19.2 Å². The molecule has 3 aromatic rings. The first-order valence-electron chi connectivity index (χ1n) is 8.70. The van der Waals surface area contributed by atoms with Gasteiger partial charge in [0.05, 0.1) is 12.3 Å². The van der Waals surface area contributed by atoms with E-state index in [0.29, 0.717) is 24.1 Å². The second kappa shape index (κ2) is 8.88. The van der Waals surface area contributed by atoms with E-state index >= 15 is 0 Å². The lowest BCUT2D eigenvalue weighted by Gasteiger charge is -2.15. The lowest BCUT2D eigenvalue weighted by molar-refractivity contribution is -0.127. The minimum atomic E-state index is -0.312. The van der Waals surface area contributed by atoms with Crippen molar-refractivity contribution in [3.63, 3.8) is 0 Å². The smallest absolute Gasteiger partial charge is 0.233 e. The predicted molar refractivity (Wildman–Crippen MR) is 106 cm³/mol. The summed E-state index contributed by atoms with van der Waals surface area (Å²) in [4.78, 5) is 14.1. The molecular weight excluding hydrogens is 379 g/mol. The van der Waals surface area contributed by atoms with Gasteiger partial charge in [-0.15, -0.1) is 16.8 Å². The van der Waals surface area contributed by atoms with Crippen molar-refractivity contribution < 1.29 is 13.6 Å². The van der Waals surface area contributed by atoms with Gasteiger partial charge in [-0.2, -0.15) is 0 Å². The predicted octanol–water partition coefficient (Wildman–Crippen LogP) is 3.92. The fraction of sp³-hybridized carbons (Fsp3) is 0.250. The molecule has 0 saturated heterocycles. The molecule has 0 fully saturated rings. The van der Waals surface area contributed by atoms with Gasteiger partial charge in [-0.05, 0) is 43.3 Å². The quantitative estimate of drug-likeness (QED) is 0.424. The van der Waals surface area contributed by atoms with Crippen molar-refractivity contribution in [2.24, 2.45) is 0 Å². The molecule has 0 aliphatic heterocycles. The van der Waals surface area contributed by atoms with Crippen LogP contribution in [-0.2, 0) is 17.9 Å². The fourth-order valence-corrected chi connectivity index (χ4v) is 3.52. The number of benzene rings is 1. The van der Waals surface area contributed by atoms with E-state index in [2.05, 4.69) is 16.8 Å². The highest BCUT2D eigenvalue weighted by Crippen LogP contribution is 2.24. The number of furan rings is 1. The Bertz CT molecular complexity index is 965. The van der Waals surface area contributed by atoms with E-state index in [-0.39, 0.29) is 17.5 Å². The van der Waals surface area contributed by atoms with Crippen LogP contribution < -0.4 is 0 Å². The Labute approximate surface area is 167 Å². The summed E-state index contributed by atoms with van der Waals surface area (Å²) in [7, 11) is 1.74. The second-order valence-corrected chi connectivity index (χ2v) is 7.21. The average Bonchev–Trinajstić information content (AvgIpc) is 3.27. The molecule has 146 valence electrons. The van der Waals surface area contributed by atoms with E-state index in [1.807, 2.05) is 23.6 Å². The average molecular weight is 400 g/mol. The number of carbonyl (C=O) groups excluding carboxylic acids is 1.